The van der Waals surface area contributed by atoms with Gasteiger partial charge < -0.3 is 10.2 Å². The van der Waals surface area contributed by atoms with Gasteiger partial charge in [-0.1, -0.05) is 6.07 Å². The van der Waals surface area contributed by atoms with Crippen LogP contribution in [0.5, 0.6) is 0 Å². The maximum absolute atomic E-state index is 12.0. The van der Waals surface area contributed by atoms with E-state index in [1.54, 1.807) is 23.6 Å². The maximum Gasteiger partial charge on any atom is 0.272 e. The fourth-order valence-corrected chi connectivity index (χ4v) is 3.48. The number of aromatic nitrogens is 2. The van der Waals surface area contributed by atoms with Crippen molar-refractivity contribution in [1.82, 2.24) is 15.1 Å². The van der Waals surface area contributed by atoms with E-state index in [9.17, 15) is 8.42 Å². The number of hydrogen-bond acceptors (Lipinski definition) is 7. The number of thiophene rings is 1. The van der Waals surface area contributed by atoms with Crippen LogP contribution in [0, 0.1) is 0 Å². The fourth-order valence-electron chi connectivity index (χ4n) is 1.49. The Morgan fingerprint density at radius 3 is 2.48 bits per heavy atom. The molecule has 9 heteroatoms. The number of rotatable bonds is 7. The van der Waals surface area contributed by atoms with Crippen LogP contribution >= 0.6 is 11.3 Å². The van der Waals surface area contributed by atoms with Crippen molar-refractivity contribution in [3.8, 4) is 0 Å². The summed E-state index contributed by atoms with van der Waals surface area (Å²) in [6.45, 7) is 1.61. The van der Waals surface area contributed by atoms with Crippen LogP contribution in [0.25, 0.3) is 0 Å². The third-order valence-electron chi connectivity index (χ3n) is 2.53. The molecule has 0 aliphatic heterocycles. The van der Waals surface area contributed by atoms with Crippen molar-refractivity contribution in [2.45, 2.75) is 4.21 Å². The van der Waals surface area contributed by atoms with E-state index in [0.29, 0.717) is 5.82 Å². The van der Waals surface area contributed by atoms with Crippen LogP contribution in [0.2, 0.25) is 0 Å². The highest BCUT2D eigenvalue weighted by atomic mass is 32.2. The average molecular weight is 327 g/mol. The van der Waals surface area contributed by atoms with Gasteiger partial charge in [0.2, 0.25) is 0 Å². The molecule has 2 heterocycles. The van der Waals surface area contributed by atoms with Gasteiger partial charge in [-0.25, -0.2) is 8.42 Å². The largest absolute Gasteiger partial charge is 0.367 e. The number of hydrogen-bond donors (Lipinski definition) is 2. The van der Waals surface area contributed by atoms with Crippen LogP contribution in [-0.2, 0) is 10.0 Å². The van der Waals surface area contributed by atoms with E-state index in [-0.39, 0.29) is 10.0 Å². The molecule has 0 radical (unpaired) electrons. The van der Waals surface area contributed by atoms with Gasteiger partial charge in [-0.05, 0) is 37.7 Å². The summed E-state index contributed by atoms with van der Waals surface area (Å²) < 4.78 is 26.7. The molecular weight excluding hydrogens is 310 g/mol. The minimum absolute atomic E-state index is 0.196. The third-order valence-corrected chi connectivity index (χ3v) is 5.28. The lowest BCUT2D eigenvalue weighted by Crippen LogP contribution is -2.21. The highest BCUT2D eigenvalue weighted by Gasteiger charge is 2.15. The van der Waals surface area contributed by atoms with Crippen LogP contribution in [0.1, 0.15) is 0 Å². The van der Waals surface area contributed by atoms with Crippen molar-refractivity contribution in [3.63, 3.8) is 0 Å². The molecule has 0 spiro atoms. The minimum atomic E-state index is -3.57. The summed E-state index contributed by atoms with van der Waals surface area (Å²) in [6.07, 6.45) is 0. The molecule has 2 aromatic heterocycles. The van der Waals surface area contributed by atoms with Gasteiger partial charge in [0, 0.05) is 13.1 Å². The lowest BCUT2D eigenvalue weighted by atomic mass is 10.5. The standard InChI is InChI=1S/C12H17N5O2S2/c1-17(2)8-7-13-10-5-6-11(15-14-10)16-21(18,19)12-4-3-9-20-12/h3-6,9H,7-8H2,1-2H3,(H,13,14)(H,15,16). The second-order valence-corrected chi connectivity index (χ2v) is 7.43. The Hall–Kier alpha value is -1.71. The molecule has 0 amide bonds. The molecular formula is C12H17N5O2S2. The lowest BCUT2D eigenvalue weighted by Gasteiger charge is -2.10. The molecule has 7 nitrogen and oxygen atoms in total. The Balaban J connectivity index is 1.96. The van der Waals surface area contributed by atoms with Crippen molar-refractivity contribution in [2.75, 3.05) is 37.2 Å². The lowest BCUT2D eigenvalue weighted by molar-refractivity contribution is 0.425. The van der Waals surface area contributed by atoms with Gasteiger partial charge in [0.25, 0.3) is 10.0 Å². The van der Waals surface area contributed by atoms with Crippen molar-refractivity contribution < 1.29 is 8.42 Å². The monoisotopic (exact) mass is 327 g/mol. The van der Waals surface area contributed by atoms with Gasteiger partial charge in [0.05, 0.1) is 0 Å². The summed E-state index contributed by atoms with van der Waals surface area (Å²) in [4.78, 5) is 2.05. The van der Waals surface area contributed by atoms with Crippen LogP contribution in [0.3, 0.4) is 0 Å². The second kappa shape index (κ2) is 6.83. The Bertz CT molecular complexity index is 653. The quantitative estimate of drug-likeness (QED) is 0.797. The van der Waals surface area contributed by atoms with Crippen LogP contribution in [0.4, 0.5) is 11.6 Å². The van der Waals surface area contributed by atoms with Crippen molar-refractivity contribution in [1.29, 1.82) is 0 Å². The second-order valence-electron chi connectivity index (χ2n) is 4.57. The maximum atomic E-state index is 12.0. The van der Waals surface area contributed by atoms with Crippen molar-refractivity contribution in [2.24, 2.45) is 0 Å². The fraction of sp³-hybridized carbons (Fsp3) is 0.333. The predicted molar refractivity (Wildman–Crippen MR) is 84.2 cm³/mol. The van der Waals surface area contributed by atoms with Crippen molar-refractivity contribution in [3.05, 3.63) is 29.6 Å². The molecule has 21 heavy (non-hydrogen) atoms. The van der Waals surface area contributed by atoms with Crippen LogP contribution < -0.4 is 10.0 Å². The van der Waals surface area contributed by atoms with Gasteiger partial charge in [-0.3, -0.25) is 4.72 Å². The van der Waals surface area contributed by atoms with E-state index < -0.39 is 10.0 Å². The summed E-state index contributed by atoms with van der Waals surface area (Å²) in [5, 5.41) is 12.6. The Morgan fingerprint density at radius 1 is 1.19 bits per heavy atom. The number of likely N-dealkylation sites (N-methyl/N-ethyl adjacent to an activating group) is 1. The minimum Gasteiger partial charge on any atom is -0.367 e. The van der Waals surface area contributed by atoms with Gasteiger partial charge >= 0.3 is 0 Å². The molecule has 0 saturated carbocycles. The van der Waals surface area contributed by atoms with E-state index in [0.717, 1.165) is 24.4 Å². The van der Waals surface area contributed by atoms with E-state index in [4.69, 9.17) is 0 Å². The van der Waals surface area contributed by atoms with E-state index >= 15 is 0 Å². The molecule has 0 aliphatic rings. The predicted octanol–water partition coefficient (Wildman–Crippen LogP) is 1.31. The molecule has 114 valence electrons. The highest BCUT2D eigenvalue weighted by Crippen LogP contribution is 2.19. The Morgan fingerprint density at radius 2 is 1.90 bits per heavy atom. The molecule has 0 saturated heterocycles. The molecule has 2 aromatic rings. The first kappa shape index (κ1) is 15.7. The SMILES string of the molecule is CN(C)CCNc1ccc(NS(=O)(=O)c2cccs2)nn1. The number of nitrogens with one attached hydrogen (secondary N) is 2. The van der Waals surface area contributed by atoms with Gasteiger partial charge in [-0.2, -0.15) is 0 Å². The van der Waals surface area contributed by atoms with E-state index in [1.807, 2.05) is 19.0 Å². The van der Waals surface area contributed by atoms with E-state index in [2.05, 4.69) is 20.2 Å². The zero-order chi connectivity index (χ0) is 15.3. The van der Waals surface area contributed by atoms with Crippen LogP contribution in [0.15, 0.2) is 33.9 Å². The summed E-state index contributed by atoms with van der Waals surface area (Å²) in [5.74, 6) is 0.803. The Kier molecular flexibility index (Phi) is 5.10. The normalized spacial score (nSPS) is 11.6. The number of anilines is 2. The van der Waals surface area contributed by atoms with Gasteiger partial charge in [-0.15, -0.1) is 21.5 Å². The smallest absolute Gasteiger partial charge is 0.272 e. The average Bonchev–Trinajstić information content (AvgIpc) is 2.95. The first-order chi connectivity index (χ1) is 9.97. The van der Waals surface area contributed by atoms with Gasteiger partial charge in [0.15, 0.2) is 5.82 Å². The first-order valence-electron chi connectivity index (χ1n) is 6.26. The third kappa shape index (κ3) is 4.66. The summed E-state index contributed by atoms with van der Waals surface area (Å²) >= 11 is 1.15. The summed E-state index contributed by atoms with van der Waals surface area (Å²) in [5.41, 5.74) is 0. The number of sulfonamides is 1. The summed E-state index contributed by atoms with van der Waals surface area (Å²) in [7, 11) is 0.392. The van der Waals surface area contributed by atoms with Gasteiger partial charge in [0.1, 0.15) is 10.0 Å². The molecule has 2 rings (SSSR count). The van der Waals surface area contributed by atoms with Crippen LogP contribution in [-0.4, -0.2) is 50.7 Å². The molecule has 0 unspecified atom stereocenters. The molecule has 0 bridgehead atoms. The first-order valence-corrected chi connectivity index (χ1v) is 8.62. The molecule has 0 fully saturated rings. The number of nitrogens with zero attached hydrogens (tertiary/aromatic N) is 3. The summed E-state index contributed by atoms with van der Waals surface area (Å²) in [6, 6.07) is 6.49. The van der Waals surface area contributed by atoms with E-state index in [1.165, 1.54) is 6.07 Å². The zero-order valence-electron chi connectivity index (χ0n) is 11.8. The molecule has 0 atom stereocenters. The highest BCUT2D eigenvalue weighted by molar-refractivity contribution is 7.94. The molecule has 0 aliphatic carbocycles. The Labute approximate surface area is 128 Å². The zero-order valence-corrected chi connectivity index (χ0v) is 13.4. The molecule has 2 N–H and O–H groups in total. The van der Waals surface area contributed by atoms with Crippen molar-refractivity contribution >= 4 is 33.0 Å². The molecule has 0 aromatic carbocycles. The topological polar surface area (TPSA) is 87.2 Å².